The van der Waals surface area contributed by atoms with Gasteiger partial charge in [0.15, 0.2) is 0 Å². The van der Waals surface area contributed by atoms with Crippen molar-refractivity contribution in [2.75, 3.05) is 0 Å². The van der Waals surface area contributed by atoms with E-state index in [1.54, 1.807) is 0 Å². The quantitative estimate of drug-likeness (QED) is 0.427. The van der Waals surface area contributed by atoms with Gasteiger partial charge in [0.1, 0.15) is 0 Å². The molecule has 0 bridgehead atoms. The highest BCUT2D eigenvalue weighted by molar-refractivity contribution is 7.81. The summed E-state index contributed by atoms with van der Waals surface area (Å²) in [5.41, 5.74) is 5.63. The SMILES string of the molecule is N[C@H]1CC[C@@H](O)[C@H](S)C1. The molecule has 9 heavy (non-hydrogen) atoms. The largest absolute Gasteiger partial charge is 0.392 e. The van der Waals surface area contributed by atoms with Crippen LogP contribution in [0.25, 0.3) is 0 Å². The number of aliphatic hydroxyl groups excluding tert-OH is 1. The second-order valence-corrected chi connectivity index (χ2v) is 3.37. The molecule has 0 aromatic heterocycles. The summed E-state index contributed by atoms with van der Waals surface area (Å²) in [6.45, 7) is 0. The first-order chi connectivity index (χ1) is 4.20. The lowest BCUT2D eigenvalue weighted by Crippen LogP contribution is -2.36. The predicted octanol–water partition coefficient (Wildman–Crippen LogP) is 0.157. The molecule has 1 aliphatic rings. The summed E-state index contributed by atoms with van der Waals surface area (Å²) in [5.74, 6) is 0. The van der Waals surface area contributed by atoms with Crippen LogP contribution in [-0.4, -0.2) is 22.5 Å². The Kier molecular flexibility index (Phi) is 2.38. The topological polar surface area (TPSA) is 46.2 Å². The molecular weight excluding hydrogens is 134 g/mol. The second-order valence-electron chi connectivity index (χ2n) is 2.71. The molecule has 1 rings (SSSR count). The first-order valence-corrected chi connectivity index (χ1v) is 3.83. The van der Waals surface area contributed by atoms with Crippen molar-refractivity contribution >= 4 is 12.6 Å². The molecule has 3 atom stereocenters. The van der Waals surface area contributed by atoms with Crippen LogP contribution in [0.4, 0.5) is 0 Å². The van der Waals surface area contributed by atoms with Crippen molar-refractivity contribution in [1.29, 1.82) is 0 Å². The van der Waals surface area contributed by atoms with E-state index in [1.165, 1.54) is 0 Å². The zero-order chi connectivity index (χ0) is 6.85. The van der Waals surface area contributed by atoms with Crippen LogP contribution >= 0.6 is 12.6 Å². The lowest BCUT2D eigenvalue weighted by molar-refractivity contribution is 0.130. The van der Waals surface area contributed by atoms with Gasteiger partial charge in [-0.05, 0) is 19.3 Å². The maximum Gasteiger partial charge on any atom is 0.0657 e. The maximum absolute atomic E-state index is 9.16. The molecule has 0 radical (unpaired) electrons. The number of thiol groups is 1. The van der Waals surface area contributed by atoms with Crippen LogP contribution in [0.2, 0.25) is 0 Å². The average Bonchev–Trinajstić information content (AvgIpc) is 1.80. The van der Waals surface area contributed by atoms with Gasteiger partial charge >= 0.3 is 0 Å². The van der Waals surface area contributed by atoms with Gasteiger partial charge in [-0.3, -0.25) is 0 Å². The molecule has 1 aliphatic carbocycles. The Balaban J connectivity index is 2.35. The number of rotatable bonds is 0. The summed E-state index contributed by atoms with van der Waals surface area (Å²) in [7, 11) is 0. The summed E-state index contributed by atoms with van der Waals surface area (Å²) < 4.78 is 0. The van der Waals surface area contributed by atoms with E-state index in [1.807, 2.05) is 0 Å². The molecule has 54 valence electrons. The molecule has 0 heterocycles. The van der Waals surface area contributed by atoms with Gasteiger partial charge < -0.3 is 10.8 Å². The minimum absolute atomic E-state index is 0.105. The lowest BCUT2D eigenvalue weighted by Gasteiger charge is -2.27. The fraction of sp³-hybridized carbons (Fsp3) is 1.00. The highest BCUT2D eigenvalue weighted by Gasteiger charge is 2.23. The van der Waals surface area contributed by atoms with Gasteiger partial charge in [0, 0.05) is 11.3 Å². The molecule has 0 unspecified atom stereocenters. The van der Waals surface area contributed by atoms with Crippen molar-refractivity contribution in [3.63, 3.8) is 0 Å². The minimum atomic E-state index is -0.229. The highest BCUT2D eigenvalue weighted by atomic mass is 32.1. The van der Waals surface area contributed by atoms with Crippen LogP contribution in [-0.2, 0) is 0 Å². The molecule has 2 nitrogen and oxygen atoms in total. The lowest BCUT2D eigenvalue weighted by atomic mass is 9.93. The van der Waals surface area contributed by atoms with Crippen molar-refractivity contribution in [3.05, 3.63) is 0 Å². The molecule has 1 saturated carbocycles. The molecule has 1 fully saturated rings. The van der Waals surface area contributed by atoms with Crippen molar-refractivity contribution in [3.8, 4) is 0 Å². The standard InChI is InChI=1S/C6H13NOS/c7-4-1-2-5(8)6(9)3-4/h4-6,8-9H,1-3,7H2/t4-,5+,6+/m0/s1. The summed E-state index contributed by atoms with van der Waals surface area (Å²) in [5, 5.41) is 9.27. The minimum Gasteiger partial charge on any atom is -0.392 e. The van der Waals surface area contributed by atoms with E-state index < -0.39 is 0 Å². The van der Waals surface area contributed by atoms with Crippen LogP contribution < -0.4 is 5.73 Å². The Morgan fingerprint density at radius 2 is 2.11 bits per heavy atom. The van der Waals surface area contributed by atoms with E-state index in [0.29, 0.717) is 0 Å². The van der Waals surface area contributed by atoms with Crippen molar-refractivity contribution < 1.29 is 5.11 Å². The molecular formula is C6H13NOS. The molecule has 3 heteroatoms. The average molecular weight is 147 g/mol. The van der Waals surface area contributed by atoms with Gasteiger partial charge in [0.05, 0.1) is 6.10 Å². The van der Waals surface area contributed by atoms with Gasteiger partial charge in [-0.2, -0.15) is 12.6 Å². The van der Waals surface area contributed by atoms with E-state index in [0.717, 1.165) is 19.3 Å². The van der Waals surface area contributed by atoms with Gasteiger partial charge in [-0.1, -0.05) is 0 Å². The summed E-state index contributed by atoms with van der Waals surface area (Å²) in [4.78, 5) is 0. The van der Waals surface area contributed by atoms with Crippen molar-refractivity contribution in [2.45, 2.75) is 36.7 Å². The van der Waals surface area contributed by atoms with E-state index in [4.69, 9.17) is 10.8 Å². The van der Waals surface area contributed by atoms with Gasteiger partial charge in [0.2, 0.25) is 0 Å². The van der Waals surface area contributed by atoms with Gasteiger partial charge in [-0.25, -0.2) is 0 Å². The summed E-state index contributed by atoms with van der Waals surface area (Å²) in [6.07, 6.45) is 2.38. The third-order valence-electron chi connectivity index (χ3n) is 1.82. The Hall–Kier alpha value is 0.270. The molecule has 0 aliphatic heterocycles. The maximum atomic E-state index is 9.16. The van der Waals surface area contributed by atoms with Gasteiger partial charge in [-0.15, -0.1) is 0 Å². The number of hydrogen-bond acceptors (Lipinski definition) is 3. The molecule has 0 saturated heterocycles. The summed E-state index contributed by atoms with van der Waals surface area (Å²) >= 11 is 4.19. The van der Waals surface area contributed by atoms with Crippen molar-refractivity contribution in [1.82, 2.24) is 0 Å². The molecule has 0 aromatic rings. The fourth-order valence-electron chi connectivity index (χ4n) is 1.16. The van der Waals surface area contributed by atoms with Crippen LogP contribution in [0.1, 0.15) is 19.3 Å². The number of nitrogens with two attached hydrogens (primary N) is 1. The van der Waals surface area contributed by atoms with Gasteiger partial charge in [0.25, 0.3) is 0 Å². The first kappa shape index (κ1) is 7.38. The number of hydrogen-bond donors (Lipinski definition) is 3. The molecule has 0 aromatic carbocycles. The van der Waals surface area contributed by atoms with Crippen LogP contribution in [0.5, 0.6) is 0 Å². The third-order valence-corrected chi connectivity index (χ3v) is 2.38. The monoisotopic (exact) mass is 147 g/mol. The Bertz CT molecular complexity index is 99.1. The normalized spacial score (nSPS) is 45.0. The van der Waals surface area contributed by atoms with E-state index in [9.17, 15) is 0 Å². The Morgan fingerprint density at radius 1 is 1.44 bits per heavy atom. The Morgan fingerprint density at radius 3 is 2.56 bits per heavy atom. The Labute approximate surface area is 60.8 Å². The first-order valence-electron chi connectivity index (χ1n) is 3.32. The zero-order valence-electron chi connectivity index (χ0n) is 5.33. The van der Waals surface area contributed by atoms with E-state index in [-0.39, 0.29) is 17.4 Å². The molecule has 0 amide bonds. The molecule has 0 spiro atoms. The van der Waals surface area contributed by atoms with Crippen LogP contribution in [0.15, 0.2) is 0 Å². The van der Waals surface area contributed by atoms with Crippen molar-refractivity contribution in [2.24, 2.45) is 5.73 Å². The van der Waals surface area contributed by atoms with E-state index >= 15 is 0 Å². The number of aliphatic hydroxyl groups is 1. The fourth-order valence-corrected chi connectivity index (χ4v) is 1.58. The second kappa shape index (κ2) is 2.90. The van der Waals surface area contributed by atoms with Crippen LogP contribution in [0, 0.1) is 0 Å². The smallest absolute Gasteiger partial charge is 0.0657 e. The van der Waals surface area contributed by atoms with E-state index in [2.05, 4.69) is 12.6 Å². The molecule has 3 N–H and O–H groups in total. The third kappa shape index (κ3) is 1.85. The predicted molar refractivity (Wildman–Crippen MR) is 40.6 cm³/mol. The van der Waals surface area contributed by atoms with Crippen LogP contribution in [0.3, 0.4) is 0 Å². The summed E-state index contributed by atoms with van der Waals surface area (Å²) in [6, 6.07) is 0.260. The highest BCUT2D eigenvalue weighted by Crippen LogP contribution is 2.21. The zero-order valence-corrected chi connectivity index (χ0v) is 6.22.